The summed E-state index contributed by atoms with van der Waals surface area (Å²) in [4.78, 5) is 28.3. The number of hydrogen-bond donors (Lipinski definition) is 1. The van der Waals surface area contributed by atoms with Crippen molar-refractivity contribution in [3.05, 3.63) is 69.2 Å². The summed E-state index contributed by atoms with van der Waals surface area (Å²) in [6.07, 6.45) is 5.05. The highest BCUT2D eigenvalue weighted by Crippen LogP contribution is 2.25. The summed E-state index contributed by atoms with van der Waals surface area (Å²) in [7, 11) is 0. The molecule has 1 atom stereocenters. The van der Waals surface area contributed by atoms with Crippen LogP contribution >= 0.6 is 23.2 Å². The third-order valence-corrected chi connectivity index (χ3v) is 6.63. The van der Waals surface area contributed by atoms with Gasteiger partial charge in [0.2, 0.25) is 11.8 Å². The number of nitrogens with zero attached hydrogens (tertiary/aromatic N) is 1. The Bertz CT molecular complexity index is 925. The fourth-order valence-electron chi connectivity index (χ4n) is 4.19. The minimum absolute atomic E-state index is 0.0855. The molecule has 0 radical (unpaired) electrons. The van der Waals surface area contributed by atoms with Gasteiger partial charge in [-0.1, -0.05) is 73.3 Å². The second-order valence-corrected chi connectivity index (χ2v) is 9.12. The predicted octanol–water partition coefficient (Wildman–Crippen LogP) is 5.71. The van der Waals surface area contributed by atoms with E-state index in [4.69, 9.17) is 23.2 Å². The minimum Gasteiger partial charge on any atom is -0.352 e. The molecule has 2 aromatic carbocycles. The van der Waals surface area contributed by atoms with E-state index in [-0.39, 0.29) is 30.8 Å². The summed E-state index contributed by atoms with van der Waals surface area (Å²) < 4.78 is 0. The van der Waals surface area contributed by atoms with Crippen LogP contribution in [0.5, 0.6) is 0 Å². The molecule has 31 heavy (non-hydrogen) atoms. The Kier molecular flexibility index (Phi) is 8.39. The van der Waals surface area contributed by atoms with E-state index in [1.807, 2.05) is 44.2 Å². The summed E-state index contributed by atoms with van der Waals surface area (Å²) in [6.45, 7) is 4.20. The lowest BCUT2D eigenvalue weighted by Gasteiger charge is -2.32. The predicted molar refractivity (Wildman–Crippen MR) is 126 cm³/mol. The quantitative estimate of drug-likeness (QED) is 0.548. The van der Waals surface area contributed by atoms with Gasteiger partial charge in [0.25, 0.3) is 0 Å². The van der Waals surface area contributed by atoms with Gasteiger partial charge < -0.3 is 10.2 Å². The molecule has 0 aliphatic heterocycles. The fraction of sp³-hybridized carbons (Fsp3) is 0.440. The molecule has 2 aromatic rings. The zero-order chi connectivity index (χ0) is 22.4. The highest BCUT2D eigenvalue weighted by molar-refractivity contribution is 6.35. The number of halogens is 2. The van der Waals surface area contributed by atoms with Crippen molar-refractivity contribution in [1.82, 2.24) is 10.2 Å². The zero-order valence-electron chi connectivity index (χ0n) is 18.2. The van der Waals surface area contributed by atoms with Crippen LogP contribution in [0.1, 0.15) is 55.7 Å². The van der Waals surface area contributed by atoms with Crippen molar-refractivity contribution in [1.29, 1.82) is 0 Å². The topological polar surface area (TPSA) is 49.4 Å². The van der Waals surface area contributed by atoms with Crippen LogP contribution in [0.3, 0.4) is 0 Å². The van der Waals surface area contributed by atoms with Crippen LogP contribution in [-0.4, -0.2) is 28.8 Å². The van der Waals surface area contributed by atoms with Crippen LogP contribution in [0.4, 0.5) is 0 Å². The third kappa shape index (κ3) is 6.24. The first-order chi connectivity index (χ1) is 14.9. The Labute approximate surface area is 194 Å². The number of hydrogen-bond acceptors (Lipinski definition) is 2. The molecule has 1 aliphatic carbocycles. The van der Waals surface area contributed by atoms with Gasteiger partial charge in [-0.05, 0) is 55.0 Å². The van der Waals surface area contributed by atoms with Crippen molar-refractivity contribution in [2.75, 3.05) is 0 Å². The molecule has 1 aliphatic rings. The number of benzene rings is 2. The number of amides is 2. The molecule has 0 saturated heterocycles. The van der Waals surface area contributed by atoms with Crippen LogP contribution in [0, 0.1) is 6.92 Å². The molecule has 6 heteroatoms. The number of rotatable bonds is 8. The van der Waals surface area contributed by atoms with Crippen molar-refractivity contribution < 1.29 is 9.59 Å². The molecule has 1 N–H and O–H groups in total. The molecule has 0 aromatic heterocycles. The maximum Gasteiger partial charge on any atom is 0.243 e. The minimum atomic E-state index is -0.552. The molecule has 0 bridgehead atoms. The smallest absolute Gasteiger partial charge is 0.243 e. The first-order valence-corrected chi connectivity index (χ1v) is 11.7. The molecule has 0 unspecified atom stereocenters. The highest BCUT2D eigenvalue weighted by atomic mass is 35.5. The number of aryl methyl sites for hydroxylation is 1. The zero-order valence-corrected chi connectivity index (χ0v) is 19.7. The van der Waals surface area contributed by atoms with Gasteiger partial charge in [-0.3, -0.25) is 9.59 Å². The van der Waals surface area contributed by atoms with Crippen LogP contribution in [0.15, 0.2) is 42.5 Å². The maximum absolute atomic E-state index is 13.5. The summed E-state index contributed by atoms with van der Waals surface area (Å²) in [5, 5.41) is 4.20. The Hall–Kier alpha value is -2.04. The molecule has 166 valence electrons. The van der Waals surface area contributed by atoms with E-state index in [0.29, 0.717) is 16.5 Å². The van der Waals surface area contributed by atoms with Gasteiger partial charge in [0, 0.05) is 22.6 Å². The van der Waals surface area contributed by atoms with Crippen molar-refractivity contribution in [2.24, 2.45) is 0 Å². The lowest BCUT2D eigenvalue weighted by atomic mass is 10.0. The van der Waals surface area contributed by atoms with Gasteiger partial charge >= 0.3 is 0 Å². The summed E-state index contributed by atoms with van der Waals surface area (Å²) in [6, 6.07) is 12.7. The van der Waals surface area contributed by atoms with Crippen LogP contribution < -0.4 is 5.32 Å². The van der Waals surface area contributed by atoms with Gasteiger partial charge in [-0.2, -0.15) is 0 Å². The van der Waals surface area contributed by atoms with Gasteiger partial charge in [0.1, 0.15) is 6.04 Å². The van der Waals surface area contributed by atoms with E-state index in [1.165, 1.54) is 0 Å². The Morgan fingerprint density at radius 2 is 1.81 bits per heavy atom. The second kappa shape index (κ2) is 11.0. The van der Waals surface area contributed by atoms with Crippen molar-refractivity contribution >= 4 is 35.0 Å². The van der Waals surface area contributed by atoms with E-state index in [1.54, 1.807) is 17.0 Å². The lowest BCUT2D eigenvalue weighted by molar-refractivity contribution is -0.141. The van der Waals surface area contributed by atoms with E-state index in [0.717, 1.165) is 42.4 Å². The lowest BCUT2D eigenvalue weighted by Crippen LogP contribution is -2.51. The molecular weight excluding hydrogens is 431 g/mol. The molecule has 1 fully saturated rings. The number of nitrogens with one attached hydrogen (secondary N) is 1. The first kappa shape index (κ1) is 23.6. The van der Waals surface area contributed by atoms with E-state index < -0.39 is 6.04 Å². The highest BCUT2D eigenvalue weighted by Gasteiger charge is 2.31. The summed E-state index contributed by atoms with van der Waals surface area (Å²) in [5.74, 6) is -0.175. The van der Waals surface area contributed by atoms with E-state index in [9.17, 15) is 9.59 Å². The average Bonchev–Trinajstić information content (AvgIpc) is 3.24. The Balaban J connectivity index is 1.86. The van der Waals surface area contributed by atoms with Crippen LogP contribution in [-0.2, 0) is 22.6 Å². The van der Waals surface area contributed by atoms with Gasteiger partial charge in [-0.25, -0.2) is 0 Å². The SMILES string of the molecule is CC[C@@H](C(=O)NC1CCCC1)N(Cc1ccc(Cl)cc1Cl)C(=O)Cc1ccccc1C. The fourth-order valence-corrected chi connectivity index (χ4v) is 4.66. The molecule has 0 spiro atoms. The molecule has 3 rings (SSSR count). The molecule has 2 amide bonds. The van der Waals surface area contributed by atoms with Crippen molar-refractivity contribution in [3.63, 3.8) is 0 Å². The molecule has 4 nitrogen and oxygen atoms in total. The van der Waals surface area contributed by atoms with Gasteiger partial charge in [0.05, 0.1) is 6.42 Å². The Morgan fingerprint density at radius 1 is 1.10 bits per heavy atom. The monoisotopic (exact) mass is 460 g/mol. The number of carbonyl (C=O) groups excluding carboxylic acids is 2. The van der Waals surface area contributed by atoms with E-state index in [2.05, 4.69) is 5.32 Å². The maximum atomic E-state index is 13.5. The molecular formula is C25H30Cl2N2O2. The second-order valence-electron chi connectivity index (χ2n) is 8.27. The standard InChI is InChI=1S/C25H30Cl2N2O2/c1-3-23(25(31)28-21-10-6-7-11-21)29(16-19-12-13-20(26)15-22(19)27)24(30)14-18-9-5-4-8-17(18)2/h4-5,8-9,12-13,15,21,23H,3,6-7,10-11,14,16H2,1-2H3,(H,28,31)/t23-/m0/s1. The summed E-state index contributed by atoms with van der Waals surface area (Å²) in [5.41, 5.74) is 2.80. The van der Waals surface area contributed by atoms with Gasteiger partial charge in [0.15, 0.2) is 0 Å². The normalized spacial score (nSPS) is 15.0. The van der Waals surface area contributed by atoms with Crippen molar-refractivity contribution in [3.8, 4) is 0 Å². The van der Waals surface area contributed by atoms with Crippen LogP contribution in [0.2, 0.25) is 10.0 Å². The van der Waals surface area contributed by atoms with Gasteiger partial charge in [-0.15, -0.1) is 0 Å². The average molecular weight is 461 g/mol. The number of carbonyl (C=O) groups is 2. The Morgan fingerprint density at radius 3 is 2.45 bits per heavy atom. The van der Waals surface area contributed by atoms with Crippen molar-refractivity contribution in [2.45, 2.75) is 71.0 Å². The van der Waals surface area contributed by atoms with Crippen LogP contribution in [0.25, 0.3) is 0 Å². The third-order valence-electron chi connectivity index (χ3n) is 6.05. The first-order valence-electron chi connectivity index (χ1n) is 11.0. The molecule has 0 heterocycles. The van der Waals surface area contributed by atoms with E-state index >= 15 is 0 Å². The largest absolute Gasteiger partial charge is 0.352 e. The molecule has 1 saturated carbocycles. The summed E-state index contributed by atoms with van der Waals surface area (Å²) >= 11 is 12.5.